The van der Waals surface area contributed by atoms with Crippen molar-refractivity contribution < 1.29 is 17.9 Å². The first kappa shape index (κ1) is 13.3. The Balaban J connectivity index is 3.25. The Bertz CT molecular complexity index is 389. The maximum atomic E-state index is 12.2. The van der Waals surface area contributed by atoms with Crippen molar-refractivity contribution in [2.45, 2.75) is 26.0 Å². The van der Waals surface area contributed by atoms with E-state index in [0.717, 1.165) is 0 Å². The van der Waals surface area contributed by atoms with E-state index in [1.54, 1.807) is 0 Å². The molecule has 0 N–H and O–H groups in total. The number of aromatic nitrogens is 1. The van der Waals surface area contributed by atoms with Crippen molar-refractivity contribution in [3.8, 4) is 5.75 Å². The second kappa shape index (κ2) is 4.25. The van der Waals surface area contributed by atoms with E-state index in [4.69, 9.17) is 11.6 Å². The quantitative estimate of drug-likeness (QED) is 0.608. The van der Waals surface area contributed by atoms with Crippen molar-refractivity contribution in [1.82, 2.24) is 4.98 Å². The number of pyridine rings is 1. The lowest BCUT2D eigenvalue weighted by Gasteiger charge is -2.21. The van der Waals surface area contributed by atoms with Gasteiger partial charge in [-0.2, -0.15) is 0 Å². The van der Waals surface area contributed by atoms with Gasteiger partial charge >= 0.3 is 6.36 Å². The molecule has 16 heavy (non-hydrogen) atoms. The summed E-state index contributed by atoms with van der Waals surface area (Å²) < 4.78 is 40.5. The molecule has 0 atom stereocenters. The van der Waals surface area contributed by atoms with Crippen LogP contribution in [0.15, 0.2) is 12.3 Å². The maximum absolute atomic E-state index is 12.2. The molecule has 0 aliphatic carbocycles. The van der Waals surface area contributed by atoms with Crippen molar-refractivity contribution >= 4 is 24.9 Å². The van der Waals surface area contributed by atoms with E-state index >= 15 is 0 Å². The van der Waals surface area contributed by atoms with Crippen molar-refractivity contribution in [1.29, 1.82) is 0 Å². The van der Waals surface area contributed by atoms with Crippen LogP contribution in [0.5, 0.6) is 5.75 Å². The van der Waals surface area contributed by atoms with Gasteiger partial charge in [-0.25, -0.2) is 4.98 Å². The summed E-state index contributed by atoms with van der Waals surface area (Å²) in [6.07, 6.45) is -3.36. The van der Waals surface area contributed by atoms with Gasteiger partial charge < -0.3 is 4.74 Å². The minimum absolute atomic E-state index is 0.253. The Morgan fingerprint density at radius 1 is 1.31 bits per heavy atom. The number of rotatable bonds is 2. The highest BCUT2D eigenvalue weighted by atomic mass is 35.5. The summed E-state index contributed by atoms with van der Waals surface area (Å²) in [6.45, 7) is 5.71. The average Bonchev–Trinajstić information content (AvgIpc) is 2.04. The van der Waals surface area contributed by atoms with Crippen LogP contribution in [0.2, 0.25) is 24.8 Å². The topological polar surface area (TPSA) is 22.1 Å². The highest BCUT2D eigenvalue weighted by Crippen LogP contribution is 2.28. The van der Waals surface area contributed by atoms with Crippen molar-refractivity contribution in [2.75, 3.05) is 0 Å². The molecule has 0 amide bonds. The summed E-state index contributed by atoms with van der Waals surface area (Å²) >= 11 is 5.63. The molecule has 7 heteroatoms. The molecule has 1 aromatic rings. The molecule has 0 spiro atoms. The molecule has 0 bridgehead atoms. The van der Waals surface area contributed by atoms with E-state index in [2.05, 4.69) is 9.72 Å². The molecule has 0 aromatic carbocycles. The molecule has 0 radical (unpaired) electrons. The largest absolute Gasteiger partial charge is 0.573 e. The molecule has 1 rings (SSSR count). The first-order valence-corrected chi connectivity index (χ1v) is 8.40. The molecule has 0 aliphatic heterocycles. The van der Waals surface area contributed by atoms with Crippen molar-refractivity contribution in [2.24, 2.45) is 0 Å². The number of hydrogen-bond acceptors (Lipinski definition) is 2. The fourth-order valence-electron chi connectivity index (χ4n) is 1.23. The van der Waals surface area contributed by atoms with Gasteiger partial charge in [-0.3, -0.25) is 0 Å². The zero-order chi connectivity index (χ0) is 12.6. The summed E-state index contributed by atoms with van der Waals surface area (Å²) in [4.78, 5) is 3.60. The zero-order valence-electron chi connectivity index (χ0n) is 9.02. The van der Waals surface area contributed by atoms with Crippen LogP contribution in [0.4, 0.5) is 13.2 Å². The third kappa shape index (κ3) is 3.38. The van der Waals surface area contributed by atoms with Crippen molar-refractivity contribution in [3.05, 3.63) is 17.4 Å². The fourth-order valence-corrected chi connectivity index (χ4v) is 2.93. The van der Waals surface area contributed by atoms with Crippen LogP contribution in [0.3, 0.4) is 0 Å². The molecular weight excluding hydrogens is 259 g/mol. The van der Waals surface area contributed by atoms with Gasteiger partial charge in [-0.1, -0.05) is 31.2 Å². The first-order chi connectivity index (χ1) is 7.11. The zero-order valence-corrected chi connectivity index (χ0v) is 10.8. The number of ether oxygens (including phenoxy) is 1. The highest BCUT2D eigenvalue weighted by Gasteiger charge is 2.35. The van der Waals surface area contributed by atoms with E-state index in [0.29, 0.717) is 5.19 Å². The molecule has 90 valence electrons. The second-order valence-corrected chi connectivity index (χ2v) is 9.67. The molecule has 1 heterocycles. The third-order valence-corrected chi connectivity index (χ3v) is 4.17. The Labute approximate surface area is 97.4 Å². The lowest BCUT2D eigenvalue weighted by atomic mass is 10.4. The van der Waals surface area contributed by atoms with E-state index in [1.807, 2.05) is 19.6 Å². The van der Waals surface area contributed by atoms with Crippen molar-refractivity contribution in [3.63, 3.8) is 0 Å². The molecule has 0 saturated heterocycles. The molecule has 1 aromatic heterocycles. The predicted octanol–water partition coefficient (Wildman–Crippen LogP) is 3.18. The van der Waals surface area contributed by atoms with Gasteiger partial charge in [0.15, 0.2) is 10.9 Å². The Hall–Kier alpha value is -0.753. The molecule has 0 aliphatic rings. The van der Waals surface area contributed by atoms with Gasteiger partial charge in [0.05, 0.1) is 8.07 Å². The smallest absolute Gasteiger partial charge is 0.403 e. The van der Waals surface area contributed by atoms with Gasteiger partial charge in [-0.15, -0.1) is 13.2 Å². The predicted molar refractivity (Wildman–Crippen MR) is 58.9 cm³/mol. The molecular formula is C9H11ClF3NOSi. The highest BCUT2D eigenvalue weighted by molar-refractivity contribution is 6.89. The van der Waals surface area contributed by atoms with E-state index in [9.17, 15) is 13.2 Å². The summed E-state index contributed by atoms with van der Waals surface area (Å²) in [6, 6.07) is 1.53. The summed E-state index contributed by atoms with van der Waals surface area (Å²) in [7, 11) is -1.96. The minimum atomic E-state index is -4.75. The third-order valence-electron chi connectivity index (χ3n) is 1.89. The van der Waals surface area contributed by atoms with Crippen LogP contribution in [0.1, 0.15) is 0 Å². The van der Waals surface area contributed by atoms with E-state index in [1.165, 1.54) is 12.3 Å². The number of hydrogen-bond donors (Lipinski definition) is 0. The summed E-state index contributed by atoms with van der Waals surface area (Å²) in [5.41, 5.74) is 0. The van der Waals surface area contributed by atoms with Gasteiger partial charge in [-0.05, 0) is 11.3 Å². The minimum Gasteiger partial charge on any atom is -0.403 e. The van der Waals surface area contributed by atoms with Crippen LogP contribution in [0, 0.1) is 0 Å². The number of halogens is 4. The van der Waals surface area contributed by atoms with Crippen LogP contribution in [-0.4, -0.2) is 19.4 Å². The molecule has 0 saturated carbocycles. The lowest BCUT2D eigenvalue weighted by molar-refractivity contribution is -0.274. The average molecular weight is 270 g/mol. The Morgan fingerprint density at radius 3 is 2.31 bits per heavy atom. The molecule has 2 nitrogen and oxygen atoms in total. The van der Waals surface area contributed by atoms with E-state index in [-0.39, 0.29) is 10.9 Å². The van der Waals surface area contributed by atoms with Gasteiger partial charge in [0.1, 0.15) is 0 Å². The standard InChI is InChI=1S/C9H11ClF3NOSi/c1-16(2,3)6-4-5-14-8(10)7(6)15-9(11,12)13/h4-5H,1-3H3. The first-order valence-electron chi connectivity index (χ1n) is 4.52. The van der Waals surface area contributed by atoms with Crippen LogP contribution in [0.25, 0.3) is 0 Å². The summed E-state index contributed by atoms with van der Waals surface area (Å²) in [5.74, 6) is -0.365. The Kier molecular flexibility index (Phi) is 3.54. The fraction of sp³-hybridized carbons (Fsp3) is 0.444. The maximum Gasteiger partial charge on any atom is 0.573 e. The van der Waals surface area contributed by atoms with Gasteiger partial charge in [0.2, 0.25) is 0 Å². The molecule has 0 unspecified atom stereocenters. The van der Waals surface area contributed by atoms with Gasteiger partial charge in [0.25, 0.3) is 0 Å². The van der Waals surface area contributed by atoms with Crippen LogP contribution in [-0.2, 0) is 0 Å². The van der Waals surface area contributed by atoms with E-state index < -0.39 is 14.4 Å². The monoisotopic (exact) mass is 269 g/mol. The van der Waals surface area contributed by atoms with Crippen LogP contribution < -0.4 is 9.92 Å². The number of alkyl halides is 3. The second-order valence-electron chi connectivity index (χ2n) is 4.28. The van der Waals surface area contributed by atoms with Crippen LogP contribution >= 0.6 is 11.6 Å². The Morgan fingerprint density at radius 2 is 1.88 bits per heavy atom. The SMILES string of the molecule is C[Si](C)(C)c1ccnc(Cl)c1OC(F)(F)F. The number of nitrogens with zero attached hydrogens (tertiary/aromatic N) is 1. The van der Waals surface area contributed by atoms with Gasteiger partial charge in [0, 0.05) is 6.20 Å². The lowest BCUT2D eigenvalue weighted by Crippen LogP contribution is -2.40. The molecule has 0 fully saturated rings. The summed E-state index contributed by atoms with van der Waals surface area (Å²) in [5, 5.41) is 0.252. The normalized spacial score (nSPS) is 12.7.